The number of nitrogens with one attached hydrogen (secondary N) is 1. The maximum absolute atomic E-state index is 13.6. The van der Waals surface area contributed by atoms with E-state index in [1.807, 2.05) is 72.8 Å². The van der Waals surface area contributed by atoms with Gasteiger partial charge in [0, 0.05) is 38.2 Å². The number of carbonyl (C=O) groups is 2. The van der Waals surface area contributed by atoms with Gasteiger partial charge >= 0.3 is 0 Å². The number of hydrogen-bond donors (Lipinski definition) is 1. The van der Waals surface area contributed by atoms with Crippen LogP contribution >= 0.6 is 11.6 Å². The van der Waals surface area contributed by atoms with Crippen LogP contribution in [0.25, 0.3) is 0 Å². The van der Waals surface area contributed by atoms with E-state index in [-0.39, 0.29) is 11.8 Å². The van der Waals surface area contributed by atoms with Crippen molar-refractivity contribution in [1.82, 2.24) is 10.2 Å². The van der Waals surface area contributed by atoms with E-state index in [4.69, 9.17) is 16.3 Å². The summed E-state index contributed by atoms with van der Waals surface area (Å²) in [7, 11) is 1.63. The number of methoxy groups -OCH3 is 1. The minimum Gasteiger partial charge on any atom is -0.385 e. The summed E-state index contributed by atoms with van der Waals surface area (Å²) >= 11 is 6.07. The second-order valence-electron chi connectivity index (χ2n) is 8.08. The van der Waals surface area contributed by atoms with E-state index in [9.17, 15) is 9.59 Å². The summed E-state index contributed by atoms with van der Waals surface area (Å²) in [5.74, 6) is -0.288. The minimum absolute atomic E-state index is 0.0836. The van der Waals surface area contributed by atoms with Crippen LogP contribution in [0.4, 0.5) is 0 Å². The third kappa shape index (κ3) is 7.72. The Kier molecular flexibility index (Phi) is 10.1. The molecule has 6 heteroatoms. The number of carbonyl (C=O) groups excluding carboxylic acids is 2. The highest BCUT2D eigenvalue weighted by Gasteiger charge is 2.31. The SMILES string of the molecule is COCCCNC(=O)C(c1ccccc1)N(Cc1ccc(Cl)cc1)C(=O)CCc1ccccc1. The number of nitrogens with zero attached hydrogens (tertiary/aromatic N) is 1. The van der Waals surface area contributed by atoms with Crippen LogP contribution in [0.3, 0.4) is 0 Å². The smallest absolute Gasteiger partial charge is 0.247 e. The first kappa shape index (κ1) is 25.5. The molecule has 5 nitrogen and oxygen atoms in total. The summed E-state index contributed by atoms with van der Waals surface area (Å²) in [5.41, 5.74) is 2.77. The largest absolute Gasteiger partial charge is 0.385 e. The van der Waals surface area contributed by atoms with Crippen molar-refractivity contribution in [2.75, 3.05) is 20.3 Å². The topological polar surface area (TPSA) is 58.6 Å². The van der Waals surface area contributed by atoms with E-state index in [2.05, 4.69) is 5.32 Å². The normalized spacial score (nSPS) is 11.6. The fourth-order valence-corrected chi connectivity index (χ4v) is 3.91. The van der Waals surface area contributed by atoms with Gasteiger partial charge in [-0.25, -0.2) is 0 Å². The van der Waals surface area contributed by atoms with E-state index in [1.54, 1.807) is 24.1 Å². The Morgan fingerprint density at radius 1 is 0.912 bits per heavy atom. The number of ether oxygens (including phenoxy) is 1. The van der Waals surface area contributed by atoms with E-state index in [0.29, 0.717) is 44.0 Å². The number of halogens is 1. The van der Waals surface area contributed by atoms with Gasteiger partial charge in [-0.1, -0.05) is 84.4 Å². The summed E-state index contributed by atoms with van der Waals surface area (Å²) in [4.78, 5) is 28.7. The molecule has 178 valence electrons. The molecule has 3 rings (SSSR count). The molecule has 0 heterocycles. The summed E-state index contributed by atoms with van der Waals surface area (Å²) in [6.07, 6.45) is 1.61. The molecule has 0 saturated carbocycles. The third-order valence-electron chi connectivity index (χ3n) is 5.56. The van der Waals surface area contributed by atoms with Gasteiger partial charge in [0.2, 0.25) is 11.8 Å². The van der Waals surface area contributed by atoms with Crippen LogP contribution in [0.1, 0.15) is 35.6 Å². The first-order chi connectivity index (χ1) is 16.6. The van der Waals surface area contributed by atoms with Crippen LogP contribution in [0, 0.1) is 0 Å². The first-order valence-electron chi connectivity index (χ1n) is 11.5. The van der Waals surface area contributed by atoms with E-state index in [0.717, 1.165) is 16.7 Å². The fraction of sp³-hybridized carbons (Fsp3) is 0.286. The maximum atomic E-state index is 13.6. The maximum Gasteiger partial charge on any atom is 0.247 e. The second kappa shape index (κ2) is 13.5. The van der Waals surface area contributed by atoms with Crippen molar-refractivity contribution in [2.24, 2.45) is 0 Å². The van der Waals surface area contributed by atoms with Gasteiger partial charge in [-0.2, -0.15) is 0 Å². The van der Waals surface area contributed by atoms with Crippen molar-refractivity contribution in [3.8, 4) is 0 Å². The fourth-order valence-electron chi connectivity index (χ4n) is 3.78. The van der Waals surface area contributed by atoms with Gasteiger partial charge in [0.05, 0.1) is 0 Å². The molecule has 1 unspecified atom stereocenters. The van der Waals surface area contributed by atoms with Crippen LogP contribution in [0.2, 0.25) is 5.02 Å². The molecular weight excluding hydrogens is 448 g/mol. The minimum atomic E-state index is -0.748. The molecule has 1 N–H and O–H groups in total. The molecule has 0 aromatic heterocycles. The zero-order chi connectivity index (χ0) is 24.2. The zero-order valence-corrected chi connectivity index (χ0v) is 20.2. The lowest BCUT2D eigenvalue weighted by atomic mass is 10.0. The third-order valence-corrected chi connectivity index (χ3v) is 5.81. The number of rotatable bonds is 12. The quantitative estimate of drug-likeness (QED) is 0.364. The average Bonchev–Trinajstić information content (AvgIpc) is 2.87. The molecule has 0 bridgehead atoms. The van der Waals surface area contributed by atoms with Gasteiger partial charge in [0.25, 0.3) is 0 Å². The van der Waals surface area contributed by atoms with Gasteiger partial charge in [0.15, 0.2) is 0 Å². The first-order valence-corrected chi connectivity index (χ1v) is 11.9. The van der Waals surface area contributed by atoms with Gasteiger partial charge in [-0.3, -0.25) is 9.59 Å². The predicted molar refractivity (Wildman–Crippen MR) is 135 cm³/mol. The summed E-state index contributed by atoms with van der Waals surface area (Å²) in [6, 6.07) is 26.0. The molecule has 1 atom stereocenters. The molecular formula is C28H31ClN2O3. The van der Waals surface area contributed by atoms with Crippen LogP contribution in [-0.4, -0.2) is 37.0 Å². The Morgan fingerprint density at radius 3 is 2.21 bits per heavy atom. The van der Waals surface area contributed by atoms with E-state index < -0.39 is 6.04 Å². The van der Waals surface area contributed by atoms with Crippen molar-refractivity contribution in [3.05, 3.63) is 107 Å². The van der Waals surface area contributed by atoms with Crippen LogP contribution in [-0.2, 0) is 27.3 Å². The average molecular weight is 479 g/mol. The number of aryl methyl sites for hydroxylation is 1. The Labute approximate surface area is 206 Å². The highest BCUT2D eigenvalue weighted by atomic mass is 35.5. The van der Waals surface area contributed by atoms with Crippen molar-refractivity contribution in [2.45, 2.75) is 31.8 Å². The molecule has 0 spiro atoms. The summed E-state index contributed by atoms with van der Waals surface area (Å²) < 4.78 is 5.09. The van der Waals surface area contributed by atoms with E-state index >= 15 is 0 Å². The molecule has 34 heavy (non-hydrogen) atoms. The molecule has 2 amide bonds. The Bertz CT molecular complexity index is 1030. The van der Waals surface area contributed by atoms with Gasteiger partial charge in [0.1, 0.15) is 6.04 Å². The molecule has 3 aromatic rings. The number of hydrogen-bond acceptors (Lipinski definition) is 3. The molecule has 0 aliphatic heterocycles. The van der Waals surface area contributed by atoms with Crippen molar-refractivity contribution >= 4 is 23.4 Å². The highest BCUT2D eigenvalue weighted by Crippen LogP contribution is 2.25. The lowest BCUT2D eigenvalue weighted by Gasteiger charge is -2.32. The second-order valence-corrected chi connectivity index (χ2v) is 8.52. The van der Waals surface area contributed by atoms with Gasteiger partial charge < -0.3 is 15.0 Å². The number of benzene rings is 3. The predicted octanol–water partition coefficient (Wildman–Crippen LogP) is 5.20. The van der Waals surface area contributed by atoms with Crippen molar-refractivity contribution in [3.63, 3.8) is 0 Å². The summed E-state index contributed by atoms with van der Waals surface area (Å²) in [6.45, 7) is 1.33. The monoisotopic (exact) mass is 478 g/mol. The summed E-state index contributed by atoms with van der Waals surface area (Å²) in [5, 5.41) is 3.61. The van der Waals surface area contributed by atoms with Gasteiger partial charge in [-0.15, -0.1) is 0 Å². The van der Waals surface area contributed by atoms with Crippen LogP contribution in [0.5, 0.6) is 0 Å². The van der Waals surface area contributed by atoms with Crippen LogP contribution in [0.15, 0.2) is 84.9 Å². The molecule has 3 aromatic carbocycles. The molecule has 0 aliphatic carbocycles. The lowest BCUT2D eigenvalue weighted by molar-refractivity contribution is -0.141. The standard InChI is InChI=1S/C28H31ClN2O3/c1-34-20-8-19-30-28(33)27(24-11-6-3-7-12-24)31(21-23-13-16-25(29)17-14-23)26(32)18-15-22-9-4-2-5-10-22/h2-7,9-14,16-17,27H,8,15,18-21H2,1H3,(H,30,33). The molecule has 0 radical (unpaired) electrons. The van der Waals surface area contributed by atoms with Crippen LogP contribution < -0.4 is 5.32 Å². The zero-order valence-electron chi connectivity index (χ0n) is 19.5. The van der Waals surface area contributed by atoms with E-state index in [1.165, 1.54) is 0 Å². The molecule has 0 saturated heterocycles. The number of amides is 2. The Morgan fingerprint density at radius 2 is 1.56 bits per heavy atom. The molecule has 0 aliphatic rings. The highest BCUT2D eigenvalue weighted by molar-refractivity contribution is 6.30. The van der Waals surface area contributed by atoms with Gasteiger partial charge in [-0.05, 0) is 41.7 Å². The van der Waals surface area contributed by atoms with Crippen molar-refractivity contribution in [1.29, 1.82) is 0 Å². The van der Waals surface area contributed by atoms with Crippen molar-refractivity contribution < 1.29 is 14.3 Å². The Hall–Kier alpha value is -3.15. The Balaban J connectivity index is 1.88. The molecule has 0 fully saturated rings. The lowest BCUT2D eigenvalue weighted by Crippen LogP contribution is -2.43.